The van der Waals surface area contributed by atoms with Gasteiger partial charge in [0.25, 0.3) is 0 Å². The molecule has 8 heteroatoms. The molecule has 0 fully saturated rings. The number of benzene rings is 2. The number of hydrogen-bond acceptors (Lipinski definition) is 6. The minimum Gasteiger partial charge on any atom is -0.493 e. The highest BCUT2D eigenvalue weighted by atomic mass is 32.2. The minimum absolute atomic E-state index is 0.0910. The first kappa shape index (κ1) is 20.7. The Balaban J connectivity index is 1.65. The van der Waals surface area contributed by atoms with Gasteiger partial charge in [-0.3, -0.25) is 4.79 Å². The lowest BCUT2D eigenvalue weighted by Gasteiger charge is -2.17. The van der Waals surface area contributed by atoms with Crippen molar-refractivity contribution in [3.05, 3.63) is 60.4 Å². The van der Waals surface area contributed by atoms with Crippen LogP contribution in [0.2, 0.25) is 0 Å². The molecule has 1 aromatic heterocycles. The monoisotopic (exact) mass is 412 g/mol. The molecule has 0 aliphatic carbocycles. The minimum atomic E-state index is -0.328. The normalized spacial score (nSPS) is 11.7. The second kappa shape index (κ2) is 9.97. The van der Waals surface area contributed by atoms with Crippen LogP contribution in [0.5, 0.6) is 11.5 Å². The molecule has 1 heterocycles. The fourth-order valence-electron chi connectivity index (χ4n) is 2.81. The summed E-state index contributed by atoms with van der Waals surface area (Å²) in [5.74, 6) is 2.16. The molecule has 0 saturated carbocycles. The Morgan fingerprint density at radius 3 is 2.48 bits per heavy atom. The number of anilines is 1. The molecule has 0 saturated heterocycles. The highest BCUT2D eigenvalue weighted by molar-refractivity contribution is 7.99. The van der Waals surface area contributed by atoms with Crippen LogP contribution < -0.4 is 14.8 Å². The van der Waals surface area contributed by atoms with Crippen molar-refractivity contribution in [3.63, 3.8) is 0 Å². The molecule has 0 aliphatic heterocycles. The third-order valence-electron chi connectivity index (χ3n) is 4.19. The Kier molecular flexibility index (Phi) is 7.13. The number of thioether (sulfide) groups is 1. The van der Waals surface area contributed by atoms with E-state index in [0.717, 1.165) is 5.69 Å². The van der Waals surface area contributed by atoms with Gasteiger partial charge in [0.1, 0.15) is 0 Å². The van der Waals surface area contributed by atoms with Gasteiger partial charge in [-0.15, -0.1) is 10.2 Å². The van der Waals surface area contributed by atoms with Crippen LogP contribution in [0.25, 0.3) is 0 Å². The molecule has 1 unspecified atom stereocenters. The van der Waals surface area contributed by atoms with Gasteiger partial charge in [-0.1, -0.05) is 42.1 Å². The van der Waals surface area contributed by atoms with E-state index in [9.17, 15) is 4.79 Å². The first-order chi connectivity index (χ1) is 14.1. The van der Waals surface area contributed by atoms with Crippen molar-refractivity contribution >= 4 is 23.4 Å². The Morgan fingerprint density at radius 2 is 1.79 bits per heavy atom. The maximum atomic E-state index is 12.2. The van der Waals surface area contributed by atoms with E-state index < -0.39 is 0 Å². The van der Waals surface area contributed by atoms with Gasteiger partial charge in [0, 0.05) is 12.2 Å². The number of aromatic nitrogens is 3. The van der Waals surface area contributed by atoms with E-state index in [1.807, 2.05) is 73.0 Å². The zero-order valence-corrected chi connectivity index (χ0v) is 17.5. The van der Waals surface area contributed by atoms with Gasteiger partial charge in [-0.2, -0.15) is 0 Å². The number of carbonyl (C=O) groups is 1. The van der Waals surface area contributed by atoms with Gasteiger partial charge < -0.3 is 19.4 Å². The molecule has 29 heavy (non-hydrogen) atoms. The summed E-state index contributed by atoms with van der Waals surface area (Å²) >= 11 is 1.35. The van der Waals surface area contributed by atoms with Crippen molar-refractivity contribution in [2.45, 2.75) is 31.7 Å². The molecule has 0 bridgehead atoms. The molecule has 1 atom stereocenters. The Labute approximate surface area is 174 Å². The van der Waals surface area contributed by atoms with Gasteiger partial charge >= 0.3 is 0 Å². The van der Waals surface area contributed by atoms with Gasteiger partial charge in [-0.25, -0.2) is 0 Å². The molecule has 1 N–H and O–H groups in total. The lowest BCUT2D eigenvalue weighted by atomic mass is 10.3. The van der Waals surface area contributed by atoms with Crippen LogP contribution in [-0.4, -0.2) is 33.5 Å². The number of hydrogen-bond donors (Lipinski definition) is 1. The first-order valence-electron chi connectivity index (χ1n) is 9.32. The van der Waals surface area contributed by atoms with E-state index in [0.29, 0.717) is 29.0 Å². The number of para-hydroxylation sites is 3. The second-order valence-electron chi connectivity index (χ2n) is 6.20. The van der Waals surface area contributed by atoms with E-state index in [4.69, 9.17) is 9.47 Å². The number of nitrogens with zero attached hydrogens (tertiary/aromatic N) is 3. The first-order valence-corrected chi connectivity index (χ1v) is 10.3. The number of nitrogens with one attached hydrogen (secondary N) is 1. The van der Waals surface area contributed by atoms with Crippen molar-refractivity contribution in [1.82, 2.24) is 14.8 Å². The molecular weight excluding hydrogens is 388 g/mol. The number of methoxy groups -OCH3 is 1. The smallest absolute Gasteiger partial charge is 0.234 e. The van der Waals surface area contributed by atoms with Crippen molar-refractivity contribution in [2.24, 2.45) is 0 Å². The lowest BCUT2D eigenvalue weighted by molar-refractivity contribution is -0.113. The van der Waals surface area contributed by atoms with Crippen molar-refractivity contribution in [2.75, 3.05) is 18.2 Å². The van der Waals surface area contributed by atoms with Crippen LogP contribution in [0.15, 0.2) is 59.8 Å². The SMILES string of the molecule is CCn1c(SCC(=O)Nc2ccccc2)nnc1C(C)Oc1ccccc1OC. The summed E-state index contributed by atoms with van der Waals surface area (Å²) in [5.41, 5.74) is 0.773. The standard InChI is InChI=1S/C21H24N4O3S/c1-4-25-20(15(2)28-18-13-9-8-12-17(18)27-3)23-24-21(25)29-14-19(26)22-16-10-6-5-7-11-16/h5-13,15H,4,14H2,1-3H3,(H,22,26). The van der Waals surface area contributed by atoms with Gasteiger partial charge in [0.2, 0.25) is 5.91 Å². The fourth-order valence-corrected chi connectivity index (χ4v) is 3.62. The van der Waals surface area contributed by atoms with Crippen LogP contribution in [-0.2, 0) is 11.3 Å². The van der Waals surface area contributed by atoms with E-state index in [-0.39, 0.29) is 17.8 Å². The summed E-state index contributed by atoms with van der Waals surface area (Å²) in [4.78, 5) is 12.2. The Morgan fingerprint density at radius 1 is 1.10 bits per heavy atom. The average Bonchev–Trinajstić information content (AvgIpc) is 3.16. The molecule has 3 rings (SSSR count). The fraction of sp³-hybridized carbons (Fsp3) is 0.286. The topological polar surface area (TPSA) is 78.3 Å². The number of amides is 1. The van der Waals surface area contributed by atoms with E-state index in [2.05, 4.69) is 15.5 Å². The molecule has 1 amide bonds. The number of rotatable bonds is 9. The quantitative estimate of drug-likeness (QED) is 0.531. The summed E-state index contributed by atoms with van der Waals surface area (Å²) in [7, 11) is 1.61. The van der Waals surface area contributed by atoms with Crippen molar-refractivity contribution < 1.29 is 14.3 Å². The third kappa shape index (κ3) is 5.29. The molecule has 0 radical (unpaired) electrons. The molecule has 3 aromatic rings. The van der Waals surface area contributed by atoms with Crippen molar-refractivity contribution in [1.29, 1.82) is 0 Å². The Bertz CT molecular complexity index is 946. The maximum absolute atomic E-state index is 12.2. The Hall–Kier alpha value is -3.00. The van der Waals surface area contributed by atoms with E-state index in [1.54, 1.807) is 7.11 Å². The van der Waals surface area contributed by atoms with Crippen LogP contribution in [0, 0.1) is 0 Å². The molecule has 0 aliphatic rings. The summed E-state index contributed by atoms with van der Waals surface area (Å²) in [6, 6.07) is 16.9. The molecule has 0 spiro atoms. The van der Waals surface area contributed by atoms with Gasteiger partial charge in [-0.05, 0) is 38.1 Å². The van der Waals surface area contributed by atoms with Crippen LogP contribution >= 0.6 is 11.8 Å². The number of carbonyl (C=O) groups excluding carboxylic acids is 1. The summed E-state index contributed by atoms with van der Waals surface area (Å²) in [6.45, 7) is 4.60. The molecular formula is C21H24N4O3S. The van der Waals surface area contributed by atoms with Crippen LogP contribution in [0.4, 0.5) is 5.69 Å². The van der Waals surface area contributed by atoms with Crippen LogP contribution in [0.1, 0.15) is 25.8 Å². The maximum Gasteiger partial charge on any atom is 0.234 e. The predicted octanol–water partition coefficient (Wildman–Crippen LogP) is 4.18. The second-order valence-corrected chi connectivity index (χ2v) is 7.14. The molecule has 2 aromatic carbocycles. The van der Waals surface area contributed by atoms with Gasteiger partial charge in [0.05, 0.1) is 12.9 Å². The number of ether oxygens (including phenoxy) is 2. The largest absolute Gasteiger partial charge is 0.493 e. The van der Waals surface area contributed by atoms with E-state index in [1.165, 1.54) is 11.8 Å². The third-order valence-corrected chi connectivity index (χ3v) is 5.15. The molecule has 152 valence electrons. The van der Waals surface area contributed by atoms with E-state index >= 15 is 0 Å². The summed E-state index contributed by atoms with van der Waals surface area (Å²) in [5, 5.41) is 12.1. The zero-order chi connectivity index (χ0) is 20.6. The predicted molar refractivity (Wildman–Crippen MR) is 114 cm³/mol. The van der Waals surface area contributed by atoms with Crippen molar-refractivity contribution in [3.8, 4) is 11.5 Å². The highest BCUT2D eigenvalue weighted by Crippen LogP contribution is 2.31. The molecule has 7 nitrogen and oxygen atoms in total. The van der Waals surface area contributed by atoms with Gasteiger partial charge in [0.15, 0.2) is 28.6 Å². The van der Waals surface area contributed by atoms with Crippen LogP contribution in [0.3, 0.4) is 0 Å². The zero-order valence-electron chi connectivity index (χ0n) is 16.7. The average molecular weight is 413 g/mol. The lowest BCUT2D eigenvalue weighted by Crippen LogP contribution is -2.15. The summed E-state index contributed by atoms with van der Waals surface area (Å²) < 4.78 is 13.3. The summed E-state index contributed by atoms with van der Waals surface area (Å²) in [6.07, 6.45) is -0.328. The highest BCUT2D eigenvalue weighted by Gasteiger charge is 2.20.